The number of ether oxygens (including phenoxy) is 1. The summed E-state index contributed by atoms with van der Waals surface area (Å²) in [5.41, 5.74) is 0.830. The second-order valence-corrected chi connectivity index (χ2v) is 7.98. The second kappa shape index (κ2) is 12.9. The van der Waals surface area contributed by atoms with Gasteiger partial charge in [-0.05, 0) is 52.3 Å². The van der Waals surface area contributed by atoms with Crippen LogP contribution in [0.2, 0.25) is 0 Å². The molecule has 0 saturated carbocycles. The number of carbonyl (C=O) groups excluding carboxylic acids is 1. The maximum absolute atomic E-state index is 11.7. The van der Waals surface area contributed by atoms with Crippen LogP contribution in [0.4, 0.5) is 4.79 Å². The molecule has 1 heterocycles. The number of aliphatic imine (C=N–C) groups is 1. The summed E-state index contributed by atoms with van der Waals surface area (Å²) < 4.78 is 5.23. The fourth-order valence-corrected chi connectivity index (χ4v) is 3.26. The normalized spacial score (nSPS) is 15.9. The van der Waals surface area contributed by atoms with Crippen LogP contribution in [0.25, 0.3) is 0 Å². The largest absolute Gasteiger partial charge is 0.444 e. The van der Waals surface area contributed by atoms with Crippen LogP contribution >= 0.6 is 24.0 Å². The van der Waals surface area contributed by atoms with E-state index in [0.29, 0.717) is 19.1 Å². The molecule has 0 aliphatic carbocycles. The van der Waals surface area contributed by atoms with Crippen LogP contribution in [-0.4, -0.2) is 62.3 Å². The van der Waals surface area contributed by atoms with Crippen LogP contribution in [0.1, 0.15) is 45.2 Å². The molecule has 1 aliphatic rings. The minimum absolute atomic E-state index is 0. The first kappa shape index (κ1) is 25.5. The van der Waals surface area contributed by atoms with Crippen molar-refractivity contribution >= 4 is 36.0 Å². The van der Waals surface area contributed by atoms with E-state index < -0.39 is 11.7 Å². The summed E-state index contributed by atoms with van der Waals surface area (Å²) >= 11 is 0. The Balaban J connectivity index is 0.00000420. The summed E-state index contributed by atoms with van der Waals surface area (Å²) in [5.74, 6) is 0.728. The Bertz CT molecular complexity index is 628. The van der Waals surface area contributed by atoms with Crippen molar-refractivity contribution in [3.05, 3.63) is 35.9 Å². The van der Waals surface area contributed by atoms with Crippen molar-refractivity contribution in [1.82, 2.24) is 20.9 Å². The smallest absolute Gasteiger partial charge is 0.407 e. The van der Waals surface area contributed by atoms with E-state index in [9.17, 15) is 4.79 Å². The lowest BCUT2D eigenvalue weighted by atomic mass is 10.1. The predicted molar refractivity (Wildman–Crippen MR) is 129 cm³/mol. The zero-order chi connectivity index (χ0) is 20.4. The molecule has 1 fully saturated rings. The molecular weight excluding hydrogens is 481 g/mol. The summed E-state index contributed by atoms with van der Waals surface area (Å²) in [6.07, 6.45) is 2.11. The number of guanidine groups is 1. The number of nitrogens with one attached hydrogen (secondary N) is 3. The Morgan fingerprint density at radius 2 is 1.72 bits per heavy atom. The maximum Gasteiger partial charge on any atom is 0.407 e. The van der Waals surface area contributed by atoms with Gasteiger partial charge in [0, 0.05) is 26.7 Å². The lowest BCUT2D eigenvalue weighted by Crippen LogP contribution is -2.45. The van der Waals surface area contributed by atoms with Crippen LogP contribution in [0.3, 0.4) is 0 Å². The number of hydrogen-bond donors (Lipinski definition) is 3. The van der Waals surface area contributed by atoms with E-state index in [1.165, 1.54) is 18.4 Å². The van der Waals surface area contributed by atoms with Crippen LogP contribution in [-0.2, 0) is 4.74 Å². The molecule has 1 aromatic rings. The molecular formula is C21H36IN5O2. The van der Waals surface area contributed by atoms with Crippen molar-refractivity contribution in [2.75, 3.05) is 39.8 Å². The van der Waals surface area contributed by atoms with Crippen LogP contribution in [0.5, 0.6) is 0 Å². The second-order valence-electron chi connectivity index (χ2n) is 7.98. The topological polar surface area (TPSA) is 78.0 Å². The SMILES string of the molecule is CN=C(NCCNC(=O)OC(C)(C)C)NCC(c1ccccc1)N1CCCC1.I. The Morgan fingerprint density at radius 1 is 1.10 bits per heavy atom. The monoisotopic (exact) mass is 517 g/mol. The molecule has 0 spiro atoms. The van der Waals surface area contributed by atoms with Gasteiger partial charge in [0.2, 0.25) is 0 Å². The van der Waals surface area contributed by atoms with Crippen molar-refractivity contribution in [3.63, 3.8) is 0 Å². The van der Waals surface area contributed by atoms with Crippen LogP contribution in [0, 0.1) is 0 Å². The minimum Gasteiger partial charge on any atom is -0.444 e. The fraction of sp³-hybridized carbons (Fsp3) is 0.619. The molecule has 1 aromatic carbocycles. The minimum atomic E-state index is -0.489. The van der Waals surface area contributed by atoms with Crippen molar-refractivity contribution in [2.24, 2.45) is 4.99 Å². The first-order chi connectivity index (χ1) is 13.4. The molecule has 164 valence electrons. The molecule has 1 saturated heterocycles. The molecule has 7 nitrogen and oxygen atoms in total. The van der Waals surface area contributed by atoms with E-state index >= 15 is 0 Å². The van der Waals surface area contributed by atoms with E-state index in [0.717, 1.165) is 25.6 Å². The predicted octanol–water partition coefficient (Wildman–Crippen LogP) is 3.13. The number of carbonyl (C=O) groups is 1. The van der Waals surface area contributed by atoms with E-state index in [2.05, 4.69) is 56.2 Å². The molecule has 29 heavy (non-hydrogen) atoms. The molecule has 0 aromatic heterocycles. The molecule has 0 bridgehead atoms. The third-order valence-corrected chi connectivity index (χ3v) is 4.54. The number of benzene rings is 1. The van der Waals surface area contributed by atoms with Crippen LogP contribution in [0.15, 0.2) is 35.3 Å². The van der Waals surface area contributed by atoms with Gasteiger partial charge in [0.15, 0.2) is 5.96 Å². The lowest BCUT2D eigenvalue weighted by Gasteiger charge is -2.29. The zero-order valence-electron chi connectivity index (χ0n) is 18.0. The average molecular weight is 517 g/mol. The number of amides is 1. The van der Waals surface area contributed by atoms with E-state index in [-0.39, 0.29) is 24.0 Å². The Labute approximate surface area is 192 Å². The molecule has 2 rings (SSSR count). The summed E-state index contributed by atoms with van der Waals surface area (Å²) in [6.45, 7) is 9.62. The quantitative estimate of drug-likeness (QED) is 0.224. The zero-order valence-corrected chi connectivity index (χ0v) is 20.4. The molecule has 1 amide bonds. The summed E-state index contributed by atoms with van der Waals surface area (Å²) in [5, 5.41) is 9.40. The van der Waals surface area contributed by atoms with Crippen molar-refractivity contribution in [2.45, 2.75) is 45.3 Å². The third-order valence-electron chi connectivity index (χ3n) is 4.54. The van der Waals surface area contributed by atoms with Gasteiger partial charge in [-0.2, -0.15) is 0 Å². The number of halogens is 1. The van der Waals surface area contributed by atoms with Gasteiger partial charge in [-0.3, -0.25) is 9.89 Å². The molecule has 1 atom stereocenters. The maximum atomic E-state index is 11.7. The highest BCUT2D eigenvalue weighted by Crippen LogP contribution is 2.24. The highest BCUT2D eigenvalue weighted by atomic mass is 127. The molecule has 0 radical (unpaired) electrons. The van der Waals surface area contributed by atoms with Crippen molar-refractivity contribution in [3.8, 4) is 0 Å². The summed E-state index contributed by atoms with van der Waals surface area (Å²) in [4.78, 5) is 18.5. The van der Waals surface area contributed by atoms with Gasteiger partial charge in [-0.25, -0.2) is 4.79 Å². The van der Waals surface area contributed by atoms with Gasteiger partial charge in [-0.15, -0.1) is 24.0 Å². The summed E-state index contributed by atoms with van der Waals surface area (Å²) in [7, 11) is 1.75. The number of likely N-dealkylation sites (tertiary alicyclic amines) is 1. The van der Waals surface area contributed by atoms with E-state index in [1.807, 2.05) is 20.8 Å². The Hall–Kier alpha value is -1.55. The molecule has 8 heteroatoms. The van der Waals surface area contributed by atoms with E-state index in [4.69, 9.17) is 4.74 Å². The number of hydrogen-bond acceptors (Lipinski definition) is 4. The highest BCUT2D eigenvalue weighted by molar-refractivity contribution is 14.0. The van der Waals surface area contributed by atoms with Crippen molar-refractivity contribution < 1.29 is 9.53 Å². The van der Waals surface area contributed by atoms with Crippen molar-refractivity contribution in [1.29, 1.82) is 0 Å². The number of nitrogens with zero attached hydrogens (tertiary/aromatic N) is 2. The summed E-state index contributed by atoms with van der Waals surface area (Å²) in [6, 6.07) is 10.9. The van der Waals surface area contributed by atoms with E-state index in [1.54, 1.807) is 7.05 Å². The first-order valence-corrected chi connectivity index (χ1v) is 10.1. The van der Waals surface area contributed by atoms with Gasteiger partial charge in [0.25, 0.3) is 0 Å². The van der Waals surface area contributed by atoms with Gasteiger partial charge < -0.3 is 20.7 Å². The lowest BCUT2D eigenvalue weighted by molar-refractivity contribution is 0.0529. The van der Waals surface area contributed by atoms with Gasteiger partial charge in [-0.1, -0.05) is 30.3 Å². The molecule has 1 aliphatic heterocycles. The van der Waals surface area contributed by atoms with Gasteiger partial charge in [0.05, 0.1) is 6.04 Å². The fourth-order valence-electron chi connectivity index (χ4n) is 3.26. The van der Waals surface area contributed by atoms with Gasteiger partial charge in [0.1, 0.15) is 5.60 Å². The highest BCUT2D eigenvalue weighted by Gasteiger charge is 2.23. The molecule has 3 N–H and O–H groups in total. The van der Waals surface area contributed by atoms with Crippen LogP contribution < -0.4 is 16.0 Å². The third kappa shape index (κ3) is 9.66. The average Bonchev–Trinajstić information content (AvgIpc) is 3.17. The Kier molecular flexibility index (Phi) is 11.3. The Morgan fingerprint density at radius 3 is 2.31 bits per heavy atom. The standard InChI is InChI=1S/C21H35N5O2.HI/c1-21(2,3)28-20(27)24-13-12-23-19(22-4)25-16-18(26-14-8-9-15-26)17-10-6-5-7-11-17;/h5-7,10-11,18H,8-9,12-16H2,1-4H3,(H,24,27)(H2,22,23,25);1H. The number of alkyl carbamates (subject to hydrolysis) is 1. The first-order valence-electron chi connectivity index (χ1n) is 10.1. The number of rotatable bonds is 7. The van der Waals surface area contributed by atoms with Gasteiger partial charge >= 0.3 is 6.09 Å². The molecule has 1 unspecified atom stereocenters.